The van der Waals surface area contributed by atoms with Crippen molar-refractivity contribution in [3.05, 3.63) is 11.6 Å². The number of ether oxygens (including phenoxy) is 1. The summed E-state index contributed by atoms with van der Waals surface area (Å²) in [5.74, 6) is -2.16. The molecule has 104 valence electrons. The minimum Gasteiger partial charge on any atom is -0.464 e. The summed E-state index contributed by atoms with van der Waals surface area (Å²) in [5, 5.41) is 10.0. The quantitative estimate of drug-likeness (QED) is 0.612. The Morgan fingerprint density at radius 1 is 1.56 bits per heavy atom. The lowest BCUT2D eigenvalue weighted by atomic mass is 9.79. The molecule has 1 aliphatic rings. The van der Waals surface area contributed by atoms with Gasteiger partial charge >= 0.3 is 5.97 Å². The van der Waals surface area contributed by atoms with E-state index < -0.39 is 23.9 Å². The zero-order valence-electron chi connectivity index (χ0n) is 10.8. The van der Waals surface area contributed by atoms with Gasteiger partial charge in [-0.3, -0.25) is 0 Å². The SMILES string of the molecule is CCOC(=O)[C@@](O)(C(F)F)C(C)C1=CCCCC1. The Morgan fingerprint density at radius 3 is 2.67 bits per heavy atom. The van der Waals surface area contributed by atoms with E-state index in [1.54, 1.807) is 0 Å². The molecule has 0 aromatic rings. The number of alkyl halides is 2. The number of carbonyl (C=O) groups is 1. The number of aliphatic hydroxyl groups is 1. The summed E-state index contributed by atoms with van der Waals surface area (Å²) in [5.41, 5.74) is -2.02. The van der Waals surface area contributed by atoms with E-state index in [0.717, 1.165) is 24.8 Å². The molecule has 2 atom stereocenters. The zero-order chi connectivity index (χ0) is 13.8. The van der Waals surface area contributed by atoms with Crippen molar-refractivity contribution in [3.63, 3.8) is 0 Å². The summed E-state index contributed by atoms with van der Waals surface area (Å²) in [6, 6.07) is 0. The molecule has 0 amide bonds. The van der Waals surface area contributed by atoms with Gasteiger partial charge in [-0.05, 0) is 32.6 Å². The van der Waals surface area contributed by atoms with Crippen molar-refractivity contribution in [2.75, 3.05) is 6.61 Å². The molecule has 0 aromatic heterocycles. The summed E-state index contributed by atoms with van der Waals surface area (Å²) < 4.78 is 30.8. The van der Waals surface area contributed by atoms with Crippen molar-refractivity contribution in [1.29, 1.82) is 0 Å². The van der Waals surface area contributed by atoms with E-state index in [1.807, 2.05) is 6.08 Å². The molecule has 0 saturated heterocycles. The summed E-state index contributed by atoms with van der Waals surface area (Å²) in [6.07, 6.45) is 2.06. The molecule has 0 heterocycles. The number of allylic oxidation sites excluding steroid dienone is 1. The first kappa shape index (κ1) is 15.1. The van der Waals surface area contributed by atoms with Crippen LogP contribution >= 0.6 is 0 Å². The summed E-state index contributed by atoms with van der Waals surface area (Å²) in [4.78, 5) is 11.6. The molecule has 0 spiro atoms. The number of halogens is 2. The summed E-state index contributed by atoms with van der Waals surface area (Å²) in [6.45, 7) is 2.95. The maximum absolute atomic E-state index is 13.1. The van der Waals surface area contributed by atoms with Gasteiger partial charge < -0.3 is 9.84 Å². The Hall–Kier alpha value is -0.970. The van der Waals surface area contributed by atoms with E-state index in [2.05, 4.69) is 4.74 Å². The summed E-state index contributed by atoms with van der Waals surface area (Å²) >= 11 is 0. The minimum atomic E-state index is -3.16. The Bertz CT molecular complexity index is 328. The van der Waals surface area contributed by atoms with E-state index in [-0.39, 0.29) is 6.61 Å². The van der Waals surface area contributed by atoms with Gasteiger partial charge in [0, 0.05) is 5.92 Å². The monoisotopic (exact) mass is 262 g/mol. The van der Waals surface area contributed by atoms with Crippen LogP contribution < -0.4 is 0 Å². The highest BCUT2D eigenvalue weighted by molar-refractivity contribution is 5.80. The number of esters is 1. The lowest BCUT2D eigenvalue weighted by molar-refractivity contribution is -0.190. The van der Waals surface area contributed by atoms with Crippen molar-refractivity contribution >= 4 is 5.97 Å². The van der Waals surface area contributed by atoms with E-state index in [0.29, 0.717) is 6.42 Å². The molecule has 5 heteroatoms. The highest BCUT2D eigenvalue weighted by Crippen LogP contribution is 2.36. The Balaban J connectivity index is 2.96. The molecular weight excluding hydrogens is 242 g/mol. The first-order valence-corrected chi connectivity index (χ1v) is 6.31. The van der Waals surface area contributed by atoms with Crippen LogP contribution in [0.4, 0.5) is 8.78 Å². The third-order valence-electron chi connectivity index (χ3n) is 3.48. The third-order valence-corrected chi connectivity index (χ3v) is 3.48. The minimum absolute atomic E-state index is 0.0281. The molecule has 0 aromatic carbocycles. The molecule has 0 fully saturated rings. The van der Waals surface area contributed by atoms with Crippen LogP contribution in [0.3, 0.4) is 0 Å². The fraction of sp³-hybridized carbons (Fsp3) is 0.769. The van der Waals surface area contributed by atoms with Crippen LogP contribution in [-0.2, 0) is 9.53 Å². The highest BCUT2D eigenvalue weighted by Gasteiger charge is 2.52. The third kappa shape index (κ3) is 2.88. The predicted octanol–water partition coefficient (Wildman–Crippen LogP) is 2.68. The topological polar surface area (TPSA) is 46.5 Å². The van der Waals surface area contributed by atoms with Gasteiger partial charge in [-0.15, -0.1) is 0 Å². The van der Waals surface area contributed by atoms with Gasteiger partial charge in [0.1, 0.15) is 0 Å². The van der Waals surface area contributed by atoms with Gasteiger partial charge in [0.15, 0.2) is 0 Å². The maximum atomic E-state index is 13.1. The number of carbonyl (C=O) groups excluding carboxylic acids is 1. The van der Waals surface area contributed by atoms with Crippen molar-refractivity contribution < 1.29 is 23.4 Å². The van der Waals surface area contributed by atoms with Crippen molar-refractivity contribution in [1.82, 2.24) is 0 Å². The average molecular weight is 262 g/mol. The molecule has 1 aliphatic carbocycles. The predicted molar refractivity (Wildman–Crippen MR) is 63.3 cm³/mol. The molecule has 0 saturated carbocycles. The zero-order valence-corrected chi connectivity index (χ0v) is 10.8. The highest BCUT2D eigenvalue weighted by atomic mass is 19.3. The molecule has 0 radical (unpaired) electrons. The lowest BCUT2D eigenvalue weighted by Gasteiger charge is -2.33. The molecule has 3 nitrogen and oxygen atoms in total. The number of rotatable bonds is 5. The summed E-state index contributed by atoms with van der Waals surface area (Å²) in [7, 11) is 0. The van der Waals surface area contributed by atoms with Crippen LogP contribution in [0.15, 0.2) is 11.6 Å². The Morgan fingerprint density at radius 2 is 2.22 bits per heavy atom. The Labute approximate surface area is 106 Å². The fourth-order valence-corrected chi connectivity index (χ4v) is 2.24. The van der Waals surface area contributed by atoms with Crippen LogP contribution in [0.1, 0.15) is 39.5 Å². The first-order valence-electron chi connectivity index (χ1n) is 6.31. The average Bonchev–Trinajstić information content (AvgIpc) is 2.37. The van der Waals surface area contributed by atoms with Crippen LogP contribution in [0, 0.1) is 5.92 Å². The second-order valence-electron chi connectivity index (χ2n) is 4.59. The van der Waals surface area contributed by atoms with Gasteiger partial charge in [0.25, 0.3) is 6.43 Å². The van der Waals surface area contributed by atoms with Gasteiger partial charge in [0.05, 0.1) is 6.61 Å². The van der Waals surface area contributed by atoms with Crippen molar-refractivity contribution in [2.24, 2.45) is 5.92 Å². The molecule has 1 rings (SSSR count). The number of hydrogen-bond donors (Lipinski definition) is 1. The molecule has 18 heavy (non-hydrogen) atoms. The number of hydrogen-bond acceptors (Lipinski definition) is 3. The van der Waals surface area contributed by atoms with Crippen LogP contribution in [0.2, 0.25) is 0 Å². The first-order chi connectivity index (χ1) is 8.44. The van der Waals surface area contributed by atoms with Crippen molar-refractivity contribution in [3.8, 4) is 0 Å². The lowest BCUT2D eigenvalue weighted by Crippen LogP contribution is -2.52. The largest absolute Gasteiger partial charge is 0.464 e. The second-order valence-corrected chi connectivity index (χ2v) is 4.59. The van der Waals surface area contributed by atoms with E-state index >= 15 is 0 Å². The van der Waals surface area contributed by atoms with Gasteiger partial charge in [0.2, 0.25) is 5.60 Å². The normalized spacial score (nSPS) is 21.1. The molecule has 1 unspecified atom stereocenters. The van der Waals surface area contributed by atoms with E-state index in [9.17, 15) is 18.7 Å². The van der Waals surface area contributed by atoms with Gasteiger partial charge in [-0.1, -0.05) is 18.6 Å². The second kappa shape index (κ2) is 6.27. The van der Waals surface area contributed by atoms with Gasteiger partial charge in [-0.2, -0.15) is 0 Å². The molecule has 0 bridgehead atoms. The standard InChI is InChI=1S/C13H20F2O3/c1-3-18-12(16)13(17,11(14)15)9(2)10-7-5-4-6-8-10/h7,9,11,17H,3-6,8H2,1-2H3/t9?,13-/m0/s1. The fourth-order valence-electron chi connectivity index (χ4n) is 2.24. The van der Waals surface area contributed by atoms with Crippen LogP contribution in [0.5, 0.6) is 0 Å². The van der Waals surface area contributed by atoms with Crippen LogP contribution in [-0.4, -0.2) is 29.7 Å². The maximum Gasteiger partial charge on any atom is 0.344 e. The molecule has 0 aliphatic heterocycles. The van der Waals surface area contributed by atoms with Crippen LogP contribution in [0.25, 0.3) is 0 Å². The van der Waals surface area contributed by atoms with Gasteiger partial charge in [-0.25, -0.2) is 13.6 Å². The van der Waals surface area contributed by atoms with E-state index in [4.69, 9.17) is 0 Å². The Kier molecular flexibility index (Phi) is 5.26. The van der Waals surface area contributed by atoms with E-state index in [1.165, 1.54) is 13.8 Å². The molecule has 1 N–H and O–H groups in total. The smallest absolute Gasteiger partial charge is 0.344 e. The van der Waals surface area contributed by atoms with Crippen molar-refractivity contribution in [2.45, 2.75) is 51.6 Å². The molecular formula is C13H20F2O3.